The van der Waals surface area contributed by atoms with E-state index in [0.29, 0.717) is 0 Å². The predicted molar refractivity (Wildman–Crippen MR) is 72.3 cm³/mol. The first kappa shape index (κ1) is 11.5. The number of rotatable bonds is 3. The third kappa shape index (κ3) is 1.95. The number of nitrogens with zero attached hydrogens (tertiary/aromatic N) is 2. The zero-order valence-corrected chi connectivity index (χ0v) is 10.7. The van der Waals surface area contributed by atoms with Crippen LogP contribution in [0.2, 0.25) is 0 Å². The van der Waals surface area contributed by atoms with E-state index in [1.54, 1.807) is 6.20 Å². The second-order valence-corrected chi connectivity index (χ2v) is 5.17. The lowest BCUT2D eigenvalue weighted by Crippen LogP contribution is -2.17. The zero-order chi connectivity index (χ0) is 12.5. The van der Waals surface area contributed by atoms with Crippen LogP contribution in [0.3, 0.4) is 0 Å². The molecule has 0 saturated heterocycles. The van der Waals surface area contributed by atoms with Crippen LogP contribution in [-0.4, -0.2) is 9.55 Å². The van der Waals surface area contributed by atoms with Crippen LogP contribution in [0.15, 0.2) is 36.7 Å². The lowest BCUT2D eigenvalue weighted by molar-refractivity contribution is 0.419. The van der Waals surface area contributed by atoms with E-state index in [9.17, 15) is 0 Å². The van der Waals surface area contributed by atoms with Gasteiger partial charge in [-0.1, -0.05) is 30.7 Å². The standard InChI is InChI=1S/C15H19N3/c1-18-10-9-17-15(18)14(16)13-7-5-12(6-8-13)11-3-2-4-11/h5-11,14H,2-4,16H2,1H3. The maximum absolute atomic E-state index is 6.25. The van der Waals surface area contributed by atoms with Gasteiger partial charge in [0.1, 0.15) is 5.82 Å². The van der Waals surface area contributed by atoms with E-state index < -0.39 is 0 Å². The fourth-order valence-corrected chi connectivity index (χ4v) is 2.54. The van der Waals surface area contributed by atoms with Crippen molar-refractivity contribution in [3.63, 3.8) is 0 Å². The minimum Gasteiger partial charge on any atom is -0.336 e. The normalized spacial score (nSPS) is 17.4. The molecule has 94 valence electrons. The third-order valence-corrected chi connectivity index (χ3v) is 4.01. The molecule has 3 nitrogen and oxygen atoms in total. The summed E-state index contributed by atoms with van der Waals surface area (Å²) in [4.78, 5) is 4.31. The van der Waals surface area contributed by atoms with Crippen LogP contribution >= 0.6 is 0 Å². The molecule has 2 aromatic rings. The molecule has 1 aromatic heterocycles. The van der Waals surface area contributed by atoms with E-state index in [4.69, 9.17) is 5.73 Å². The van der Waals surface area contributed by atoms with Gasteiger partial charge in [-0.2, -0.15) is 0 Å². The van der Waals surface area contributed by atoms with Crippen molar-refractivity contribution in [2.24, 2.45) is 12.8 Å². The molecular weight excluding hydrogens is 222 g/mol. The SMILES string of the molecule is Cn1ccnc1C(N)c1ccc(C2CCC2)cc1. The number of nitrogens with two attached hydrogens (primary N) is 1. The Morgan fingerprint density at radius 3 is 2.50 bits per heavy atom. The molecule has 1 atom stereocenters. The summed E-state index contributed by atoms with van der Waals surface area (Å²) >= 11 is 0. The van der Waals surface area contributed by atoms with Gasteiger partial charge in [0, 0.05) is 19.4 Å². The van der Waals surface area contributed by atoms with Crippen LogP contribution in [0.25, 0.3) is 0 Å². The van der Waals surface area contributed by atoms with Gasteiger partial charge < -0.3 is 10.3 Å². The summed E-state index contributed by atoms with van der Waals surface area (Å²) in [6.45, 7) is 0. The van der Waals surface area contributed by atoms with E-state index in [1.165, 1.54) is 24.8 Å². The maximum Gasteiger partial charge on any atom is 0.129 e. The fourth-order valence-electron chi connectivity index (χ4n) is 2.54. The highest BCUT2D eigenvalue weighted by atomic mass is 15.1. The first-order valence-corrected chi connectivity index (χ1v) is 6.58. The van der Waals surface area contributed by atoms with Crippen LogP contribution in [0.1, 0.15) is 48.2 Å². The van der Waals surface area contributed by atoms with E-state index in [-0.39, 0.29) is 6.04 Å². The summed E-state index contributed by atoms with van der Waals surface area (Å²) < 4.78 is 1.98. The smallest absolute Gasteiger partial charge is 0.129 e. The number of benzene rings is 1. The van der Waals surface area contributed by atoms with Gasteiger partial charge in [-0.15, -0.1) is 0 Å². The quantitative estimate of drug-likeness (QED) is 0.898. The number of imidazole rings is 1. The number of hydrogen-bond donors (Lipinski definition) is 1. The van der Waals surface area contributed by atoms with Crippen molar-refractivity contribution in [2.75, 3.05) is 0 Å². The van der Waals surface area contributed by atoms with Crippen LogP contribution in [0, 0.1) is 0 Å². The van der Waals surface area contributed by atoms with Crippen molar-refractivity contribution in [3.05, 3.63) is 53.6 Å². The first-order chi connectivity index (χ1) is 8.75. The van der Waals surface area contributed by atoms with Crippen molar-refractivity contribution in [3.8, 4) is 0 Å². The van der Waals surface area contributed by atoms with Crippen molar-refractivity contribution in [2.45, 2.75) is 31.2 Å². The minimum absolute atomic E-state index is 0.138. The molecule has 1 heterocycles. The van der Waals surface area contributed by atoms with Crippen molar-refractivity contribution >= 4 is 0 Å². The molecule has 1 saturated carbocycles. The molecule has 18 heavy (non-hydrogen) atoms. The molecular formula is C15H19N3. The van der Waals surface area contributed by atoms with Gasteiger partial charge in [0.15, 0.2) is 0 Å². The molecule has 0 radical (unpaired) electrons. The van der Waals surface area contributed by atoms with Gasteiger partial charge >= 0.3 is 0 Å². The van der Waals surface area contributed by atoms with Crippen LogP contribution < -0.4 is 5.73 Å². The summed E-state index contributed by atoms with van der Waals surface area (Å²) in [5.74, 6) is 1.69. The number of aryl methyl sites for hydroxylation is 1. The highest BCUT2D eigenvalue weighted by molar-refractivity contribution is 5.31. The molecule has 2 N–H and O–H groups in total. The molecule has 0 aliphatic heterocycles. The van der Waals surface area contributed by atoms with Gasteiger partial charge in [0.25, 0.3) is 0 Å². The Hall–Kier alpha value is -1.61. The molecule has 1 fully saturated rings. The maximum atomic E-state index is 6.25. The summed E-state index contributed by atoms with van der Waals surface area (Å²) in [7, 11) is 1.98. The molecule has 1 unspecified atom stereocenters. The number of aromatic nitrogens is 2. The molecule has 1 aromatic carbocycles. The Balaban J connectivity index is 1.82. The van der Waals surface area contributed by atoms with Gasteiger partial charge in [0.2, 0.25) is 0 Å². The highest BCUT2D eigenvalue weighted by Crippen LogP contribution is 2.36. The van der Waals surface area contributed by atoms with Gasteiger partial charge in [0.05, 0.1) is 6.04 Å². The van der Waals surface area contributed by atoms with Crippen LogP contribution in [0.4, 0.5) is 0 Å². The Kier molecular flexibility index (Phi) is 2.92. The highest BCUT2D eigenvalue weighted by Gasteiger charge is 2.20. The summed E-state index contributed by atoms with van der Waals surface area (Å²) in [5.41, 5.74) is 8.84. The van der Waals surface area contributed by atoms with Crippen molar-refractivity contribution in [1.29, 1.82) is 0 Å². The molecule has 1 aliphatic carbocycles. The van der Waals surface area contributed by atoms with Gasteiger partial charge in [-0.25, -0.2) is 4.98 Å². The second-order valence-electron chi connectivity index (χ2n) is 5.17. The molecule has 0 amide bonds. The summed E-state index contributed by atoms with van der Waals surface area (Å²) in [6, 6.07) is 8.60. The zero-order valence-electron chi connectivity index (χ0n) is 10.7. The van der Waals surface area contributed by atoms with E-state index in [0.717, 1.165) is 17.3 Å². The fraction of sp³-hybridized carbons (Fsp3) is 0.400. The number of hydrogen-bond acceptors (Lipinski definition) is 2. The minimum atomic E-state index is -0.138. The van der Waals surface area contributed by atoms with Crippen LogP contribution in [-0.2, 0) is 7.05 Å². The summed E-state index contributed by atoms with van der Waals surface area (Å²) in [6.07, 6.45) is 7.77. The predicted octanol–water partition coefficient (Wildman–Crippen LogP) is 2.74. The van der Waals surface area contributed by atoms with E-state index >= 15 is 0 Å². The largest absolute Gasteiger partial charge is 0.336 e. The van der Waals surface area contributed by atoms with Crippen LogP contribution in [0.5, 0.6) is 0 Å². The first-order valence-electron chi connectivity index (χ1n) is 6.58. The average molecular weight is 241 g/mol. The monoisotopic (exact) mass is 241 g/mol. The lowest BCUT2D eigenvalue weighted by Gasteiger charge is -2.26. The van der Waals surface area contributed by atoms with Crippen molar-refractivity contribution < 1.29 is 0 Å². The Labute approximate surface area is 108 Å². The molecule has 0 bridgehead atoms. The van der Waals surface area contributed by atoms with Crippen molar-refractivity contribution in [1.82, 2.24) is 9.55 Å². The van der Waals surface area contributed by atoms with Gasteiger partial charge in [-0.05, 0) is 29.9 Å². The van der Waals surface area contributed by atoms with Gasteiger partial charge in [-0.3, -0.25) is 0 Å². The summed E-state index contributed by atoms with van der Waals surface area (Å²) in [5, 5.41) is 0. The topological polar surface area (TPSA) is 43.8 Å². The Morgan fingerprint density at radius 2 is 2.00 bits per heavy atom. The third-order valence-electron chi connectivity index (χ3n) is 4.01. The Bertz CT molecular complexity index is 523. The van der Waals surface area contributed by atoms with E-state index in [1.807, 2.05) is 17.8 Å². The van der Waals surface area contributed by atoms with E-state index in [2.05, 4.69) is 29.2 Å². The molecule has 1 aliphatic rings. The molecule has 3 heteroatoms. The average Bonchev–Trinajstić information content (AvgIpc) is 2.73. The lowest BCUT2D eigenvalue weighted by atomic mass is 9.80. The Morgan fingerprint density at radius 1 is 1.28 bits per heavy atom. The molecule has 0 spiro atoms. The molecule has 3 rings (SSSR count). The second kappa shape index (κ2) is 4.58.